The first-order valence-electron chi connectivity index (χ1n) is 8.21. The summed E-state index contributed by atoms with van der Waals surface area (Å²) < 4.78 is 28.9. The van der Waals surface area contributed by atoms with Crippen molar-refractivity contribution in [3.63, 3.8) is 0 Å². The standard InChI is InChI=1S/C17H23N3O3S/c1-14-6-5-9-20(17(14)13-21)24(22,23)16-10-18-19(12-16)11-15-7-3-2-4-8-15/h2-4,7-8,10,12,14,17,21H,5-6,9,11,13H2,1H3. The van der Waals surface area contributed by atoms with Gasteiger partial charge in [-0.25, -0.2) is 8.42 Å². The first-order valence-corrected chi connectivity index (χ1v) is 9.65. The zero-order chi connectivity index (χ0) is 17.2. The molecule has 1 aromatic carbocycles. The van der Waals surface area contributed by atoms with Gasteiger partial charge in [0.15, 0.2) is 0 Å². The summed E-state index contributed by atoms with van der Waals surface area (Å²) in [6.07, 6.45) is 4.71. The van der Waals surface area contributed by atoms with Crippen molar-refractivity contribution in [1.82, 2.24) is 14.1 Å². The number of piperidine rings is 1. The minimum Gasteiger partial charge on any atom is -0.395 e. The van der Waals surface area contributed by atoms with E-state index in [1.54, 1.807) is 10.9 Å². The van der Waals surface area contributed by atoms with Crippen molar-refractivity contribution >= 4 is 10.0 Å². The van der Waals surface area contributed by atoms with Crippen LogP contribution >= 0.6 is 0 Å². The number of aliphatic hydroxyl groups excluding tert-OH is 1. The molecule has 0 aliphatic carbocycles. The largest absolute Gasteiger partial charge is 0.395 e. The Labute approximate surface area is 142 Å². The fourth-order valence-corrected chi connectivity index (χ4v) is 4.96. The van der Waals surface area contributed by atoms with E-state index in [9.17, 15) is 13.5 Å². The average Bonchev–Trinajstić information content (AvgIpc) is 3.05. The highest BCUT2D eigenvalue weighted by Crippen LogP contribution is 2.28. The van der Waals surface area contributed by atoms with Crippen molar-refractivity contribution in [3.05, 3.63) is 48.3 Å². The average molecular weight is 349 g/mol. The maximum atomic E-state index is 12.9. The molecule has 1 fully saturated rings. The number of rotatable bonds is 5. The molecule has 0 radical (unpaired) electrons. The third kappa shape index (κ3) is 3.38. The van der Waals surface area contributed by atoms with Gasteiger partial charge in [0.1, 0.15) is 4.90 Å². The molecule has 2 atom stereocenters. The first kappa shape index (κ1) is 17.1. The number of benzene rings is 1. The third-order valence-corrected chi connectivity index (χ3v) is 6.53. The molecule has 1 aliphatic rings. The highest BCUT2D eigenvalue weighted by molar-refractivity contribution is 7.89. The van der Waals surface area contributed by atoms with Crippen LogP contribution in [0.25, 0.3) is 0 Å². The second kappa shape index (κ2) is 7.04. The molecular formula is C17H23N3O3S. The van der Waals surface area contributed by atoms with Gasteiger partial charge in [-0.3, -0.25) is 4.68 Å². The van der Waals surface area contributed by atoms with Crippen molar-refractivity contribution in [2.24, 2.45) is 5.92 Å². The van der Waals surface area contributed by atoms with E-state index in [2.05, 4.69) is 5.10 Å². The number of aromatic nitrogens is 2. The predicted octanol–water partition coefficient (Wildman–Crippen LogP) is 1.71. The molecule has 2 unspecified atom stereocenters. The lowest BCUT2D eigenvalue weighted by Crippen LogP contribution is -2.49. The molecule has 0 spiro atoms. The summed E-state index contributed by atoms with van der Waals surface area (Å²) in [6, 6.07) is 9.42. The van der Waals surface area contributed by atoms with Crippen LogP contribution in [0.15, 0.2) is 47.6 Å². The molecular weight excluding hydrogens is 326 g/mol. The van der Waals surface area contributed by atoms with E-state index in [4.69, 9.17) is 0 Å². The Bertz CT molecular complexity index is 773. The Hall–Kier alpha value is -1.70. The van der Waals surface area contributed by atoms with Gasteiger partial charge < -0.3 is 5.11 Å². The molecule has 24 heavy (non-hydrogen) atoms. The zero-order valence-corrected chi connectivity index (χ0v) is 14.6. The minimum atomic E-state index is -3.64. The summed E-state index contributed by atoms with van der Waals surface area (Å²) in [5, 5.41) is 13.8. The molecule has 1 aliphatic heterocycles. The normalized spacial score (nSPS) is 22.6. The van der Waals surface area contributed by atoms with Crippen molar-refractivity contribution in [2.75, 3.05) is 13.2 Å². The Balaban J connectivity index is 1.82. The van der Waals surface area contributed by atoms with Crippen molar-refractivity contribution in [2.45, 2.75) is 37.2 Å². The number of sulfonamides is 1. The van der Waals surface area contributed by atoms with Crippen LogP contribution < -0.4 is 0 Å². The summed E-state index contributed by atoms with van der Waals surface area (Å²) in [7, 11) is -3.64. The Kier molecular flexibility index (Phi) is 5.03. The van der Waals surface area contributed by atoms with Gasteiger partial charge in [0.25, 0.3) is 0 Å². The van der Waals surface area contributed by atoms with Gasteiger partial charge >= 0.3 is 0 Å². The summed E-state index contributed by atoms with van der Waals surface area (Å²) in [4.78, 5) is 0.186. The molecule has 130 valence electrons. The van der Waals surface area contributed by atoms with Crippen molar-refractivity contribution in [1.29, 1.82) is 0 Å². The molecule has 1 N–H and O–H groups in total. The molecule has 0 amide bonds. The number of hydrogen-bond acceptors (Lipinski definition) is 4. The van der Waals surface area contributed by atoms with Crippen molar-refractivity contribution < 1.29 is 13.5 Å². The smallest absolute Gasteiger partial charge is 0.246 e. The molecule has 0 saturated carbocycles. The Morgan fingerprint density at radius 1 is 1.29 bits per heavy atom. The van der Waals surface area contributed by atoms with Gasteiger partial charge in [-0.1, -0.05) is 37.3 Å². The van der Waals surface area contributed by atoms with Gasteiger partial charge in [-0.15, -0.1) is 0 Å². The molecule has 2 heterocycles. The van der Waals surface area contributed by atoms with Crippen LogP contribution in [0.1, 0.15) is 25.3 Å². The topological polar surface area (TPSA) is 75.4 Å². The maximum absolute atomic E-state index is 12.9. The molecule has 2 aromatic rings. The number of aliphatic hydroxyl groups is 1. The monoisotopic (exact) mass is 349 g/mol. The second-order valence-corrected chi connectivity index (χ2v) is 8.23. The van der Waals surface area contributed by atoms with E-state index in [0.29, 0.717) is 13.1 Å². The van der Waals surface area contributed by atoms with Gasteiger partial charge in [0.2, 0.25) is 10.0 Å². The molecule has 1 aromatic heterocycles. The lowest BCUT2D eigenvalue weighted by Gasteiger charge is -2.37. The Morgan fingerprint density at radius 2 is 2.04 bits per heavy atom. The van der Waals surface area contributed by atoms with E-state index in [1.807, 2.05) is 37.3 Å². The second-order valence-electron chi connectivity index (χ2n) is 6.34. The third-order valence-electron chi connectivity index (χ3n) is 4.66. The van der Waals surface area contributed by atoms with E-state index >= 15 is 0 Å². The fourth-order valence-electron chi connectivity index (χ4n) is 3.25. The van der Waals surface area contributed by atoms with E-state index in [-0.39, 0.29) is 23.5 Å². The minimum absolute atomic E-state index is 0.151. The lowest BCUT2D eigenvalue weighted by molar-refractivity contribution is 0.113. The van der Waals surface area contributed by atoms with Crippen LogP contribution in [0.5, 0.6) is 0 Å². The van der Waals surface area contributed by atoms with E-state index in [1.165, 1.54) is 10.5 Å². The molecule has 7 heteroatoms. The van der Waals surface area contributed by atoms with Gasteiger partial charge in [0.05, 0.1) is 25.4 Å². The lowest BCUT2D eigenvalue weighted by atomic mass is 9.93. The maximum Gasteiger partial charge on any atom is 0.246 e. The molecule has 3 rings (SSSR count). The van der Waals surface area contributed by atoms with Crippen LogP contribution in [0.3, 0.4) is 0 Å². The van der Waals surface area contributed by atoms with E-state index < -0.39 is 10.0 Å². The Morgan fingerprint density at radius 3 is 2.75 bits per heavy atom. The van der Waals surface area contributed by atoms with Crippen LogP contribution in [0.4, 0.5) is 0 Å². The zero-order valence-electron chi connectivity index (χ0n) is 13.7. The molecule has 0 bridgehead atoms. The highest BCUT2D eigenvalue weighted by atomic mass is 32.2. The van der Waals surface area contributed by atoms with Crippen LogP contribution in [-0.4, -0.2) is 46.8 Å². The summed E-state index contributed by atoms with van der Waals surface area (Å²) >= 11 is 0. The molecule has 1 saturated heterocycles. The van der Waals surface area contributed by atoms with Crippen LogP contribution in [0, 0.1) is 5.92 Å². The fraction of sp³-hybridized carbons (Fsp3) is 0.471. The van der Waals surface area contributed by atoms with Crippen LogP contribution in [0.2, 0.25) is 0 Å². The van der Waals surface area contributed by atoms with Crippen LogP contribution in [-0.2, 0) is 16.6 Å². The predicted molar refractivity (Wildman–Crippen MR) is 90.9 cm³/mol. The summed E-state index contributed by atoms with van der Waals surface area (Å²) in [5.74, 6) is 0.151. The first-order chi connectivity index (χ1) is 11.5. The summed E-state index contributed by atoms with van der Waals surface area (Å²) in [6.45, 7) is 2.80. The highest BCUT2D eigenvalue weighted by Gasteiger charge is 2.37. The van der Waals surface area contributed by atoms with E-state index in [0.717, 1.165) is 18.4 Å². The summed E-state index contributed by atoms with van der Waals surface area (Å²) in [5.41, 5.74) is 1.06. The van der Waals surface area contributed by atoms with Gasteiger partial charge in [-0.05, 0) is 24.3 Å². The molecule has 6 nitrogen and oxygen atoms in total. The van der Waals surface area contributed by atoms with Crippen molar-refractivity contribution in [3.8, 4) is 0 Å². The SMILES string of the molecule is CC1CCCN(S(=O)(=O)c2cnn(Cc3ccccc3)c2)C1CO. The quantitative estimate of drug-likeness (QED) is 0.892. The number of hydrogen-bond donors (Lipinski definition) is 1. The van der Waals surface area contributed by atoms with Gasteiger partial charge in [0, 0.05) is 12.7 Å². The number of nitrogens with zero attached hydrogens (tertiary/aromatic N) is 3. The van der Waals surface area contributed by atoms with Gasteiger partial charge in [-0.2, -0.15) is 9.40 Å².